The standard InChI is InChI=1S/C41H54Cl3N3O7/c1-2-3-4-5-6-7-8-9-10-11-15-22-34(27-38(49)53-30-41(42,43)44)54-39(50)36(24-18-25-37(48)52-29-31-19-13-12-14-20-31)47-40(51)46-33-26-32-21-16-17-23-35(32)45-28-33/h12-14,16-17,19-21,23,26,28,34,36H,2-11,15,18,22,24-25,27,29-30H2,1H3,(H2,46,47,51)/t34?,36-/m0/s1. The van der Waals surface area contributed by atoms with Crippen molar-refractivity contribution in [2.45, 2.75) is 132 Å². The van der Waals surface area contributed by atoms with Crippen LogP contribution in [0.25, 0.3) is 10.9 Å². The molecule has 1 aromatic heterocycles. The summed E-state index contributed by atoms with van der Waals surface area (Å²) >= 11 is 17.3. The summed E-state index contributed by atoms with van der Waals surface area (Å²) in [5, 5.41) is 6.24. The molecule has 0 fully saturated rings. The van der Waals surface area contributed by atoms with Crippen LogP contribution in [0.1, 0.15) is 115 Å². The van der Waals surface area contributed by atoms with E-state index in [0.717, 1.165) is 35.7 Å². The van der Waals surface area contributed by atoms with Crippen LogP contribution in [0, 0.1) is 0 Å². The minimum Gasteiger partial charge on any atom is -0.461 e. The normalized spacial score (nSPS) is 12.4. The van der Waals surface area contributed by atoms with Gasteiger partial charge in [-0.05, 0) is 43.4 Å². The number of alkyl halides is 3. The first kappa shape index (κ1) is 44.8. The highest BCUT2D eigenvalue weighted by molar-refractivity contribution is 6.67. The number of anilines is 1. The fourth-order valence-corrected chi connectivity index (χ4v) is 6.03. The summed E-state index contributed by atoms with van der Waals surface area (Å²) in [6.45, 7) is 1.89. The number of esters is 3. The van der Waals surface area contributed by atoms with E-state index in [1.54, 1.807) is 6.07 Å². The number of hydrogen-bond acceptors (Lipinski definition) is 8. The first-order valence-electron chi connectivity index (χ1n) is 19.1. The van der Waals surface area contributed by atoms with E-state index < -0.39 is 46.5 Å². The molecule has 1 unspecified atom stereocenters. The lowest BCUT2D eigenvalue weighted by Crippen LogP contribution is -2.45. The number of aromatic nitrogens is 1. The SMILES string of the molecule is CCCCCCCCCCCCCC(CC(=O)OCC(Cl)(Cl)Cl)OC(=O)[C@H](CCCC(=O)OCc1ccccc1)NC(=O)Nc1cnc2ccccc2c1. The molecule has 2 amide bonds. The lowest BCUT2D eigenvalue weighted by Gasteiger charge is -2.23. The summed E-state index contributed by atoms with van der Waals surface area (Å²) < 4.78 is 14.6. The number of benzene rings is 2. The highest BCUT2D eigenvalue weighted by Crippen LogP contribution is 2.26. The van der Waals surface area contributed by atoms with Gasteiger partial charge < -0.3 is 24.8 Å². The number of carbonyl (C=O) groups excluding carboxylic acids is 4. The van der Waals surface area contributed by atoms with Crippen molar-refractivity contribution in [2.24, 2.45) is 0 Å². The van der Waals surface area contributed by atoms with Crippen molar-refractivity contribution in [3.8, 4) is 0 Å². The number of amides is 2. The van der Waals surface area contributed by atoms with Crippen molar-refractivity contribution in [3.63, 3.8) is 0 Å². The van der Waals surface area contributed by atoms with Crippen molar-refractivity contribution in [1.82, 2.24) is 10.3 Å². The third-order valence-electron chi connectivity index (χ3n) is 8.76. The Morgan fingerprint density at radius 1 is 0.759 bits per heavy atom. The zero-order valence-electron chi connectivity index (χ0n) is 31.2. The lowest BCUT2D eigenvalue weighted by atomic mass is 10.0. The molecular weight excluding hydrogens is 753 g/mol. The highest BCUT2D eigenvalue weighted by Gasteiger charge is 2.29. The van der Waals surface area contributed by atoms with Crippen molar-refractivity contribution in [3.05, 3.63) is 72.4 Å². The van der Waals surface area contributed by atoms with E-state index in [1.165, 1.54) is 51.1 Å². The number of pyridine rings is 1. The molecule has 10 nitrogen and oxygen atoms in total. The summed E-state index contributed by atoms with van der Waals surface area (Å²) in [4.78, 5) is 56.5. The van der Waals surface area contributed by atoms with Gasteiger partial charge in [0.2, 0.25) is 3.79 Å². The number of para-hydroxylation sites is 1. The number of halogens is 3. The largest absolute Gasteiger partial charge is 0.461 e. The number of hydrogen-bond donors (Lipinski definition) is 2. The van der Waals surface area contributed by atoms with Gasteiger partial charge >= 0.3 is 23.9 Å². The van der Waals surface area contributed by atoms with Crippen LogP contribution >= 0.6 is 34.8 Å². The van der Waals surface area contributed by atoms with Crippen LogP contribution in [0.4, 0.5) is 10.5 Å². The maximum Gasteiger partial charge on any atom is 0.328 e. The zero-order valence-corrected chi connectivity index (χ0v) is 33.4. The maximum absolute atomic E-state index is 13.7. The van der Waals surface area contributed by atoms with E-state index in [1.807, 2.05) is 54.6 Å². The number of unbranched alkanes of at least 4 members (excludes halogenated alkanes) is 10. The molecule has 0 aliphatic carbocycles. The molecule has 3 rings (SSSR count). The third kappa shape index (κ3) is 19.6. The smallest absolute Gasteiger partial charge is 0.328 e. The summed E-state index contributed by atoms with van der Waals surface area (Å²) in [7, 11) is 0. The molecule has 296 valence electrons. The fraction of sp³-hybridized carbons (Fsp3) is 0.537. The predicted molar refractivity (Wildman–Crippen MR) is 215 cm³/mol. The molecule has 2 atom stereocenters. The molecule has 0 radical (unpaired) electrons. The van der Waals surface area contributed by atoms with Crippen molar-refractivity contribution in [2.75, 3.05) is 11.9 Å². The molecular formula is C41H54Cl3N3O7. The Bertz CT molecular complexity index is 1570. The minimum absolute atomic E-state index is 0.0139. The van der Waals surface area contributed by atoms with E-state index in [2.05, 4.69) is 22.5 Å². The first-order valence-corrected chi connectivity index (χ1v) is 20.2. The van der Waals surface area contributed by atoms with Gasteiger partial charge in [-0.25, -0.2) is 9.59 Å². The number of fused-ring (bicyclic) bond motifs is 1. The second-order valence-electron chi connectivity index (χ2n) is 13.5. The van der Waals surface area contributed by atoms with E-state index in [0.29, 0.717) is 18.5 Å². The average molecular weight is 807 g/mol. The quantitative estimate of drug-likeness (QED) is 0.0374. The van der Waals surface area contributed by atoms with Gasteiger partial charge in [0, 0.05) is 11.8 Å². The van der Waals surface area contributed by atoms with Gasteiger partial charge in [0.1, 0.15) is 25.4 Å². The molecule has 0 saturated carbocycles. The summed E-state index contributed by atoms with van der Waals surface area (Å²) in [5.74, 6) is -1.88. The molecule has 54 heavy (non-hydrogen) atoms. The van der Waals surface area contributed by atoms with Crippen LogP contribution in [-0.2, 0) is 35.2 Å². The molecule has 1 heterocycles. The number of ether oxygens (including phenoxy) is 3. The van der Waals surface area contributed by atoms with Gasteiger partial charge in [0.25, 0.3) is 0 Å². The van der Waals surface area contributed by atoms with Gasteiger partial charge in [-0.2, -0.15) is 0 Å². The number of nitrogens with one attached hydrogen (secondary N) is 2. The summed E-state index contributed by atoms with van der Waals surface area (Å²) in [5.41, 5.74) is 2.04. The number of carbonyl (C=O) groups is 4. The topological polar surface area (TPSA) is 133 Å². The molecule has 0 aliphatic heterocycles. The van der Waals surface area contributed by atoms with Crippen molar-refractivity contribution < 1.29 is 33.4 Å². The Morgan fingerprint density at radius 2 is 1.41 bits per heavy atom. The van der Waals surface area contributed by atoms with Gasteiger partial charge in [-0.3, -0.25) is 14.6 Å². The zero-order chi connectivity index (χ0) is 39.0. The van der Waals surface area contributed by atoms with Gasteiger partial charge in [-0.1, -0.05) is 154 Å². The average Bonchev–Trinajstić information content (AvgIpc) is 3.15. The van der Waals surface area contributed by atoms with E-state index >= 15 is 0 Å². The van der Waals surface area contributed by atoms with Crippen molar-refractivity contribution in [1.29, 1.82) is 0 Å². The molecule has 13 heteroatoms. The monoisotopic (exact) mass is 805 g/mol. The number of rotatable bonds is 25. The highest BCUT2D eigenvalue weighted by atomic mass is 35.6. The first-order chi connectivity index (χ1) is 26.0. The van der Waals surface area contributed by atoms with Crippen LogP contribution in [0.2, 0.25) is 0 Å². The number of nitrogens with zero attached hydrogens (tertiary/aromatic N) is 1. The Kier molecular flexibility index (Phi) is 21.1. The Balaban J connectivity index is 1.61. The van der Waals surface area contributed by atoms with Crippen LogP contribution in [-0.4, -0.2) is 51.5 Å². The molecule has 3 aromatic rings. The van der Waals surface area contributed by atoms with Crippen molar-refractivity contribution >= 4 is 75.3 Å². The van der Waals surface area contributed by atoms with Gasteiger partial charge in [0.15, 0.2) is 0 Å². The predicted octanol–water partition coefficient (Wildman–Crippen LogP) is 10.6. The molecule has 2 aromatic carbocycles. The molecule has 0 spiro atoms. The summed E-state index contributed by atoms with van der Waals surface area (Å²) in [6, 6.07) is 16.7. The third-order valence-corrected chi connectivity index (χ3v) is 9.09. The van der Waals surface area contributed by atoms with Crippen LogP contribution in [0.5, 0.6) is 0 Å². The fourth-order valence-electron chi connectivity index (χ4n) is 5.87. The Labute approximate surface area is 334 Å². The van der Waals surface area contributed by atoms with E-state index in [9.17, 15) is 19.2 Å². The summed E-state index contributed by atoms with van der Waals surface area (Å²) in [6.07, 6.45) is 13.7. The minimum atomic E-state index is -1.79. The Morgan fingerprint density at radius 3 is 2.09 bits per heavy atom. The van der Waals surface area contributed by atoms with Gasteiger partial charge in [-0.15, -0.1) is 0 Å². The van der Waals surface area contributed by atoms with E-state index in [4.69, 9.17) is 49.0 Å². The second-order valence-corrected chi connectivity index (χ2v) is 16.0. The van der Waals surface area contributed by atoms with Crippen LogP contribution in [0.3, 0.4) is 0 Å². The molecule has 2 N–H and O–H groups in total. The number of urea groups is 1. The maximum atomic E-state index is 13.7. The Hall–Kier alpha value is -3.60. The molecule has 0 saturated heterocycles. The van der Waals surface area contributed by atoms with Gasteiger partial charge in [0.05, 0.1) is 23.8 Å². The second kappa shape index (κ2) is 25.5. The molecule has 0 bridgehead atoms. The van der Waals surface area contributed by atoms with E-state index in [-0.39, 0.29) is 32.3 Å². The lowest BCUT2D eigenvalue weighted by molar-refractivity contribution is -0.157. The van der Waals surface area contributed by atoms with Crippen LogP contribution < -0.4 is 10.6 Å². The molecule has 0 aliphatic rings. The van der Waals surface area contributed by atoms with Crippen LogP contribution in [0.15, 0.2) is 66.9 Å².